The van der Waals surface area contributed by atoms with Gasteiger partial charge in [-0.1, -0.05) is 11.6 Å². The largest absolute Gasteiger partial charge is 0.483 e. The summed E-state index contributed by atoms with van der Waals surface area (Å²) in [6, 6.07) is 5.77. The van der Waals surface area contributed by atoms with E-state index in [-0.39, 0.29) is 24.9 Å². The van der Waals surface area contributed by atoms with Gasteiger partial charge in [-0.2, -0.15) is 0 Å². The summed E-state index contributed by atoms with van der Waals surface area (Å²) in [5.41, 5.74) is 1.69. The van der Waals surface area contributed by atoms with Gasteiger partial charge in [0.25, 0.3) is 6.47 Å². The molecule has 0 spiro atoms. The predicted octanol–water partition coefficient (Wildman–Crippen LogP) is 2.47. The Morgan fingerprint density at radius 1 is 1.33 bits per heavy atom. The summed E-state index contributed by atoms with van der Waals surface area (Å²) in [7, 11) is 1.89. The van der Waals surface area contributed by atoms with Crippen molar-refractivity contribution in [2.45, 2.75) is 44.2 Å². The predicted molar refractivity (Wildman–Crippen MR) is 102 cm³/mol. The zero-order chi connectivity index (χ0) is 19.6. The van der Waals surface area contributed by atoms with Crippen LogP contribution < -0.4 is 0 Å². The molecule has 2 aliphatic carbocycles. The molecule has 2 aliphatic rings. The van der Waals surface area contributed by atoms with Crippen molar-refractivity contribution in [1.29, 1.82) is 0 Å². The molecule has 7 nitrogen and oxygen atoms in total. The standard InChI is InChI=1S/C18H22ClN3O2.CH2O2/c1-22(13-4-10-6-14(23)7-11(10)5-13)18(24)9-17-20-15-3-2-12(19)8-16(15)21-17;2-1-3/h2-3,8,10-11,13-14,23H,4-7,9H2,1H3,(H,20,21);1H,(H,2,3)/t10-,11+,13?,14?;. The van der Waals surface area contributed by atoms with Crippen molar-refractivity contribution in [2.24, 2.45) is 11.8 Å². The number of amides is 1. The first-order valence-electron chi connectivity index (χ1n) is 9.07. The van der Waals surface area contributed by atoms with Crippen molar-refractivity contribution < 1.29 is 19.8 Å². The molecule has 2 saturated carbocycles. The van der Waals surface area contributed by atoms with Gasteiger partial charge >= 0.3 is 0 Å². The Balaban J connectivity index is 0.000000659. The van der Waals surface area contributed by atoms with Crippen molar-refractivity contribution in [1.82, 2.24) is 14.9 Å². The molecule has 8 heteroatoms. The highest BCUT2D eigenvalue weighted by molar-refractivity contribution is 6.31. The van der Waals surface area contributed by atoms with E-state index < -0.39 is 0 Å². The molecule has 1 aromatic heterocycles. The van der Waals surface area contributed by atoms with Crippen LogP contribution in [0.1, 0.15) is 31.5 Å². The lowest BCUT2D eigenvalue weighted by Crippen LogP contribution is -2.37. The summed E-state index contributed by atoms with van der Waals surface area (Å²) in [6.07, 6.45) is 3.96. The topological polar surface area (TPSA) is 107 Å². The molecule has 146 valence electrons. The van der Waals surface area contributed by atoms with Crippen LogP contribution in [0.2, 0.25) is 5.02 Å². The normalized spacial score (nSPS) is 26.3. The van der Waals surface area contributed by atoms with Crippen LogP contribution in [0.25, 0.3) is 11.0 Å². The Bertz CT molecular complexity index is 810. The minimum atomic E-state index is -0.250. The third kappa shape index (κ3) is 4.42. The number of fused-ring (bicyclic) bond motifs is 2. The molecular weight excluding hydrogens is 370 g/mol. The van der Waals surface area contributed by atoms with Crippen LogP contribution in [0.4, 0.5) is 0 Å². The highest BCUT2D eigenvalue weighted by atomic mass is 35.5. The average molecular weight is 394 g/mol. The Morgan fingerprint density at radius 2 is 1.96 bits per heavy atom. The van der Waals surface area contributed by atoms with Crippen LogP contribution in [0.3, 0.4) is 0 Å². The van der Waals surface area contributed by atoms with E-state index in [1.165, 1.54) is 0 Å². The van der Waals surface area contributed by atoms with E-state index >= 15 is 0 Å². The molecule has 1 aromatic carbocycles. The van der Waals surface area contributed by atoms with E-state index in [9.17, 15) is 9.90 Å². The molecule has 27 heavy (non-hydrogen) atoms. The second-order valence-electron chi connectivity index (χ2n) is 7.40. The quantitative estimate of drug-likeness (QED) is 0.694. The summed E-state index contributed by atoms with van der Waals surface area (Å²) in [6.45, 7) is -0.250. The summed E-state index contributed by atoms with van der Waals surface area (Å²) in [5, 5.41) is 17.3. The molecule has 0 saturated heterocycles. The molecule has 1 heterocycles. The molecule has 2 aromatic rings. The first-order valence-corrected chi connectivity index (χ1v) is 9.44. The molecule has 1 amide bonds. The third-order valence-electron chi connectivity index (χ3n) is 5.72. The van der Waals surface area contributed by atoms with Crippen LogP contribution in [0.5, 0.6) is 0 Å². The number of aliphatic hydroxyl groups is 1. The van der Waals surface area contributed by atoms with E-state index in [0.29, 0.717) is 28.7 Å². The smallest absolute Gasteiger partial charge is 0.290 e. The first kappa shape index (κ1) is 19.6. The van der Waals surface area contributed by atoms with Crippen LogP contribution in [0.15, 0.2) is 18.2 Å². The highest BCUT2D eigenvalue weighted by Gasteiger charge is 2.43. The molecule has 0 bridgehead atoms. The fraction of sp³-hybridized carbons (Fsp3) is 0.526. The lowest BCUT2D eigenvalue weighted by Gasteiger charge is -2.25. The van der Waals surface area contributed by atoms with E-state index in [1.807, 2.05) is 24.1 Å². The van der Waals surface area contributed by atoms with Crippen molar-refractivity contribution in [3.63, 3.8) is 0 Å². The monoisotopic (exact) mass is 393 g/mol. The zero-order valence-corrected chi connectivity index (χ0v) is 15.9. The van der Waals surface area contributed by atoms with Crippen LogP contribution in [-0.4, -0.2) is 56.7 Å². The van der Waals surface area contributed by atoms with Crippen LogP contribution in [-0.2, 0) is 16.0 Å². The average Bonchev–Trinajstić information content (AvgIpc) is 3.26. The molecule has 4 atom stereocenters. The lowest BCUT2D eigenvalue weighted by molar-refractivity contribution is -0.131. The number of carbonyl (C=O) groups excluding carboxylic acids is 1. The number of nitrogens with one attached hydrogen (secondary N) is 1. The Hall–Kier alpha value is -2.12. The van der Waals surface area contributed by atoms with Gasteiger partial charge in [-0.3, -0.25) is 9.59 Å². The van der Waals surface area contributed by atoms with E-state index in [4.69, 9.17) is 21.5 Å². The van der Waals surface area contributed by atoms with Crippen molar-refractivity contribution in [3.05, 3.63) is 29.0 Å². The van der Waals surface area contributed by atoms with Gasteiger partial charge in [-0.05, 0) is 55.7 Å². The number of aromatic amines is 1. The Morgan fingerprint density at radius 3 is 2.59 bits per heavy atom. The zero-order valence-electron chi connectivity index (χ0n) is 15.1. The Labute approximate surface area is 162 Å². The number of imidazole rings is 1. The lowest BCUT2D eigenvalue weighted by atomic mass is 10.0. The maximum atomic E-state index is 12.6. The third-order valence-corrected chi connectivity index (χ3v) is 5.95. The van der Waals surface area contributed by atoms with Crippen molar-refractivity contribution in [3.8, 4) is 0 Å². The minimum absolute atomic E-state index is 0.0886. The van der Waals surface area contributed by atoms with Gasteiger partial charge in [0.1, 0.15) is 5.82 Å². The van der Waals surface area contributed by atoms with Gasteiger partial charge in [-0.15, -0.1) is 0 Å². The molecule has 2 unspecified atom stereocenters. The highest BCUT2D eigenvalue weighted by Crippen LogP contribution is 2.45. The van der Waals surface area contributed by atoms with E-state index in [1.54, 1.807) is 6.07 Å². The SMILES string of the molecule is CN(C(=O)Cc1nc2ccc(Cl)cc2[nH]1)C1C[C@H]2CC(O)C[C@H]2C1.O=CO. The number of benzene rings is 1. The van der Waals surface area contributed by atoms with Crippen LogP contribution in [0, 0.1) is 11.8 Å². The van der Waals surface area contributed by atoms with Gasteiger partial charge < -0.3 is 20.1 Å². The van der Waals surface area contributed by atoms with Gasteiger partial charge in [0, 0.05) is 18.1 Å². The molecular formula is C19H24ClN3O4. The number of nitrogens with zero attached hydrogens (tertiary/aromatic N) is 2. The number of aromatic nitrogens is 2. The summed E-state index contributed by atoms with van der Waals surface area (Å²) >= 11 is 5.99. The van der Waals surface area contributed by atoms with Crippen LogP contribution >= 0.6 is 11.6 Å². The number of hydrogen-bond donors (Lipinski definition) is 3. The number of aliphatic hydroxyl groups excluding tert-OH is 1. The summed E-state index contributed by atoms with van der Waals surface area (Å²) in [5.74, 6) is 1.92. The molecule has 3 N–H and O–H groups in total. The number of halogens is 1. The minimum Gasteiger partial charge on any atom is -0.483 e. The maximum absolute atomic E-state index is 12.6. The Kier molecular flexibility index (Phi) is 6.01. The summed E-state index contributed by atoms with van der Waals surface area (Å²) in [4.78, 5) is 30.5. The fourth-order valence-corrected chi connectivity index (χ4v) is 4.63. The second kappa shape index (κ2) is 8.27. The fourth-order valence-electron chi connectivity index (χ4n) is 4.46. The molecule has 4 rings (SSSR count). The van der Waals surface area contributed by atoms with E-state index in [2.05, 4.69) is 9.97 Å². The maximum Gasteiger partial charge on any atom is 0.290 e. The molecule has 0 radical (unpaired) electrons. The first-order chi connectivity index (χ1) is 12.9. The van der Waals surface area contributed by atoms with Gasteiger partial charge in [0.15, 0.2) is 0 Å². The van der Waals surface area contributed by atoms with Gasteiger partial charge in [-0.25, -0.2) is 4.98 Å². The number of H-pyrrole nitrogens is 1. The van der Waals surface area contributed by atoms with Crippen molar-refractivity contribution >= 4 is 35.0 Å². The summed E-state index contributed by atoms with van der Waals surface area (Å²) < 4.78 is 0. The van der Waals surface area contributed by atoms with Crippen molar-refractivity contribution in [2.75, 3.05) is 7.05 Å². The number of likely N-dealkylation sites (N-methyl/N-ethyl adjacent to an activating group) is 1. The number of rotatable bonds is 3. The molecule has 0 aliphatic heterocycles. The second-order valence-corrected chi connectivity index (χ2v) is 7.84. The number of hydrogen-bond acceptors (Lipinski definition) is 4. The van der Waals surface area contributed by atoms with E-state index in [0.717, 1.165) is 36.7 Å². The number of carbonyl (C=O) groups is 2. The van der Waals surface area contributed by atoms with Gasteiger partial charge in [0.05, 0.1) is 23.6 Å². The molecule has 2 fully saturated rings. The van der Waals surface area contributed by atoms with Gasteiger partial charge in [0.2, 0.25) is 5.91 Å². The number of carboxylic acid groups (broad SMARTS) is 1.